The monoisotopic (exact) mass is 298 g/mol. The SMILES string of the molecule is O=C(NCCc1ccccc1Cl)c1cccc2[nH]ccc12. The second kappa shape index (κ2) is 6.02. The molecule has 2 aromatic carbocycles. The Hall–Kier alpha value is -2.26. The summed E-state index contributed by atoms with van der Waals surface area (Å²) in [6, 6.07) is 15.3. The summed E-state index contributed by atoms with van der Waals surface area (Å²) < 4.78 is 0. The first kappa shape index (κ1) is 13.7. The molecule has 3 rings (SSSR count). The van der Waals surface area contributed by atoms with Crippen LogP contribution in [0.1, 0.15) is 15.9 Å². The highest BCUT2D eigenvalue weighted by Gasteiger charge is 2.10. The molecule has 0 saturated heterocycles. The van der Waals surface area contributed by atoms with Gasteiger partial charge in [-0.3, -0.25) is 4.79 Å². The molecule has 4 heteroatoms. The lowest BCUT2D eigenvalue weighted by atomic mass is 10.1. The minimum Gasteiger partial charge on any atom is -0.361 e. The van der Waals surface area contributed by atoms with Gasteiger partial charge in [0.15, 0.2) is 0 Å². The quantitative estimate of drug-likeness (QED) is 0.756. The van der Waals surface area contributed by atoms with E-state index < -0.39 is 0 Å². The van der Waals surface area contributed by atoms with Crippen molar-refractivity contribution in [2.24, 2.45) is 0 Å². The van der Waals surface area contributed by atoms with E-state index in [9.17, 15) is 4.79 Å². The average molecular weight is 299 g/mol. The van der Waals surface area contributed by atoms with Crippen LogP contribution in [0, 0.1) is 0 Å². The molecule has 1 heterocycles. The molecule has 3 aromatic rings. The Morgan fingerprint density at radius 1 is 1.10 bits per heavy atom. The van der Waals surface area contributed by atoms with E-state index in [0.29, 0.717) is 18.5 Å². The molecule has 106 valence electrons. The molecule has 0 bridgehead atoms. The van der Waals surface area contributed by atoms with Crippen LogP contribution >= 0.6 is 11.6 Å². The summed E-state index contributed by atoms with van der Waals surface area (Å²) in [7, 11) is 0. The maximum atomic E-state index is 12.3. The third-order valence-corrected chi connectivity index (χ3v) is 3.85. The molecular formula is C17H15ClN2O. The Balaban J connectivity index is 1.67. The largest absolute Gasteiger partial charge is 0.361 e. The maximum Gasteiger partial charge on any atom is 0.251 e. The molecule has 0 aliphatic rings. The van der Waals surface area contributed by atoms with Crippen LogP contribution in [0.4, 0.5) is 0 Å². The minimum atomic E-state index is -0.0627. The predicted octanol–water partition coefficient (Wildman–Crippen LogP) is 3.79. The van der Waals surface area contributed by atoms with E-state index in [1.807, 2.05) is 54.7 Å². The van der Waals surface area contributed by atoms with Gasteiger partial charge in [-0.1, -0.05) is 35.9 Å². The number of H-pyrrole nitrogens is 1. The molecule has 0 atom stereocenters. The lowest BCUT2D eigenvalue weighted by Crippen LogP contribution is -2.25. The number of hydrogen-bond acceptors (Lipinski definition) is 1. The molecule has 0 unspecified atom stereocenters. The van der Waals surface area contributed by atoms with Crippen LogP contribution in [0.15, 0.2) is 54.7 Å². The van der Waals surface area contributed by atoms with Gasteiger partial charge in [0.2, 0.25) is 0 Å². The van der Waals surface area contributed by atoms with Crippen molar-refractivity contribution in [2.75, 3.05) is 6.54 Å². The van der Waals surface area contributed by atoms with Crippen LogP contribution in [-0.2, 0) is 6.42 Å². The smallest absolute Gasteiger partial charge is 0.251 e. The van der Waals surface area contributed by atoms with E-state index in [1.165, 1.54) is 0 Å². The van der Waals surface area contributed by atoms with Crippen molar-refractivity contribution in [3.63, 3.8) is 0 Å². The number of carbonyl (C=O) groups is 1. The number of hydrogen-bond donors (Lipinski definition) is 2. The highest BCUT2D eigenvalue weighted by Crippen LogP contribution is 2.17. The number of amides is 1. The maximum absolute atomic E-state index is 12.3. The number of benzene rings is 2. The highest BCUT2D eigenvalue weighted by molar-refractivity contribution is 6.31. The van der Waals surface area contributed by atoms with Gasteiger partial charge in [0.25, 0.3) is 5.91 Å². The van der Waals surface area contributed by atoms with Gasteiger partial charge in [0, 0.05) is 34.2 Å². The van der Waals surface area contributed by atoms with Crippen molar-refractivity contribution < 1.29 is 4.79 Å². The molecule has 0 saturated carbocycles. The molecular weight excluding hydrogens is 284 g/mol. The van der Waals surface area contributed by atoms with Gasteiger partial charge in [-0.05, 0) is 36.2 Å². The molecule has 0 radical (unpaired) electrons. The first-order chi connectivity index (χ1) is 10.3. The molecule has 1 aromatic heterocycles. The fraction of sp³-hybridized carbons (Fsp3) is 0.118. The lowest BCUT2D eigenvalue weighted by molar-refractivity contribution is 0.0956. The highest BCUT2D eigenvalue weighted by atomic mass is 35.5. The number of aromatic nitrogens is 1. The van der Waals surface area contributed by atoms with E-state index in [4.69, 9.17) is 11.6 Å². The van der Waals surface area contributed by atoms with Gasteiger partial charge in [0.05, 0.1) is 0 Å². The Morgan fingerprint density at radius 2 is 1.95 bits per heavy atom. The van der Waals surface area contributed by atoms with E-state index in [1.54, 1.807) is 0 Å². The van der Waals surface area contributed by atoms with Crippen LogP contribution < -0.4 is 5.32 Å². The number of nitrogens with one attached hydrogen (secondary N) is 2. The summed E-state index contributed by atoms with van der Waals surface area (Å²) in [6.45, 7) is 0.559. The zero-order valence-electron chi connectivity index (χ0n) is 11.4. The molecule has 0 aliphatic heterocycles. The number of halogens is 1. The van der Waals surface area contributed by atoms with Crippen molar-refractivity contribution in [3.8, 4) is 0 Å². The predicted molar refractivity (Wildman–Crippen MR) is 85.8 cm³/mol. The first-order valence-electron chi connectivity index (χ1n) is 6.83. The van der Waals surface area contributed by atoms with Crippen LogP contribution in [-0.4, -0.2) is 17.4 Å². The number of rotatable bonds is 4. The van der Waals surface area contributed by atoms with E-state index in [-0.39, 0.29) is 5.91 Å². The fourth-order valence-corrected chi connectivity index (χ4v) is 2.62. The normalized spacial score (nSPS) is 10.7. The summed E-state index contributed by atoms with van der Waals surface area (Å²) in [5.74, 6) is -0.0627. The van der Waals surface area contributed by atoms with Gasteiger partial charge in [-0.15, -0.1) is 0 Å². The third-order valence-electron chi connectivity index (χ3n) is 3.48. The topological polar surface area (TPSA) is 44.9 Å². The molecule has 3 nitrogen and oxygen atoms in total. The molecule has 21 heavy (non-hydrogen) atoms. The van der Waals surface area contributed by atoms with E-state index >= 15 is 0 Å². The van der Waals surface area contributed by atoms with Crippen molar-refractivity contribution in [3.05, 3.63) is 70.9 Å². The van der Waals surface area contributed by atoms with Gasteiger partial charge in [-0.2, -0.15) is 0 Å². The van der Waals surface area contributed by atoms with E-state index in [2.05, 4.69) is 10.3 Å². The van der Waals surface area contributed by atoms with Crippen LogP contribution in [0.3, 0.4) is 0 Å². The average Bonchev–Trinajstić information content (AvgIpc) is 2.97. The summed E-state index contributed by atoms with van der Waals surface area (Å²) in [5.41, 5.74) is 2.70. The van der Waals surface area contributed by atoms with Crippen molar-refractivity contribution >= 4 is 28.4 Å². The van der Waals surface area contributed by atoms with Gasteiger partial charge in [0.1, 0.15) is 0 Å². The zero-order chi connectivity index (χ0) is 14.7. The summed E-state index contributed by atoms with van der Waals surface area (Å²) in [6.07, 6.45) is 2.56. The number of fused-ring (bicyclic) bond motifs is 1. The standard InChI is InChI=1S/C17H15ClN2O/c18-15-6-2-1-4-12(15)8-10-20-17(21)14-5-3-7-16-13(14)9-11-19-16/h1-7,9,11,19H,8,10H2,(H,20,21). The van der Waals surface area contributed by atoms with Crippen molar-refractivity contribution in [1.29, 1.82) is 0 Å². The van der Waals surface area contributed by atoms with Crippen LogP contribution in [0.5, 0.6) is 0 Å². The minimum absolute atomic E-state index is 0.0627. The number of carbonyl (C=O) groups excluding carboxylic acids is 1. The molecule has 2 N–H and O–H groups in total. The first-order valence-corrected chi connectivity index (χ1v) is 7.21. The molecule has 1 amide bonds. The summed E-state index contributed by atoms with van der Waals surface area (Å²) in [4.78, 5) is 15.4. The summed E-state index contributed by atoms with van der Waals surface area (Å²) >= 11 is 6.10. The van der Waals surface area contributed by atoms with Crippen LogP contribution in [0.25, 0.3) is 10.9 Å². The Labute approximate surface area is 127 Å². The lowest BCUT2D eigenvalue weighted by Gasteiger charge is -2.07. The summed E-state index contributed by atoms with van der Waals surface area (Å²) in [5, 5.41) is 4.62. The second-order valence-corrected chi connectivity index (χ2v) is 5.25. The molecule has 0 aliphatic carbocycles. The molecule has 0 spiro atoms. The third kappa shape index (κ3) is 2.93. The van der Waals surface area contributed by atoms with Crippen molar-refractivity contribution in [2.45, 2.75) is 6.42 Å². The Bertz CT molecular complexity index is 779. The Kier molecular flexibility index (Phi) is 3.93. The fourth-order valence-electron chi connectivity index (χ4n) is 2.39. The van der Waals surface area contributed by atoms with Crippen LogP contribution in [0.2, 0.25) is 5.02 Å². The number of aromatic amines is 1. The van der Waals surface area contributed by atoms with E-state index in [0.717, 1.165) is 21.5 Å². The van der Waals surface area contributed by atoms with Gasteiger partial charge >= 0.3 is 0 Å². The zero-order valence-corrected chi connectivity index (χ0v) is 12.2. The Morgan fingerprint density at radius 3 is 2.81 bits per heavy atom. The molecule has 0 fully saturated rings. The second-order valence-electron chi connectivity index (χ2n) is 4.84. The van der Waals surface area contributed by atoms with Gasteiger partial charge in [-0.25, -0.2) is 0 Å². The van der Waals surface area contributed by atoms with Gasteiger partial charge < -0.3 is 10.3 Å². The van der Waals surface area contributed by atoms with Crippen molar-refractivity contribution in [1.82, 2.24) is 10.3 Å².